The predicted molar refractivity (Wildman–Crippen MR) is 86.8 cm³/mol. The van der Waals surface area contributed by atoms with Crippen LogP contribution in [0.15, 0.2) is 0 Å². The Labute approximate surface area is 126 Å². The highest BCUT2D eigenvalue weighted by Gasteiger charge is 2.17. The molecule has 0 bridgehead atoms. The van der Waals surface area contributed by atoms with Gasteiger partial charge in [0.1, 0.15) is 11.6 Å². The second-order valence-electron chi connectivity index (χ2n) is 5.86. The van der Waals surface area contributed by atoms with Crippen molar-refractivity contribution < 1.29 is 0 Å². The third-order valence-corrected chi connectivity index (χ3v) is 5.26. The Morgan fingerprint density at radius 3 is 2.55 bits per heavy atom. The van der Waals surface area contributed by atoms with Crippen molar-refractivity contribution in [2.75, 3.05) is 5.43 Å². The molecule has 1 aliphatic rings. The van der Waals surface area contributed by atoms with Crippen LogP contribution in [0.25, 0.3) is 0 Å². The second-order valence-corrected chi connectivity index (χ2v) is 7.15. The van der Waals surface area contributed by atoms with E-state index in [1.165, 1.54) is 32.1 Å². The van der Waals surface area contributed by atoms with Crippen LogP contribution in [0.4, 0.5) is 5.82 Å². The number of nitrogen functional groups attached to an aromatic ring is 1. The molecule has 0 radical (unpaired) electrons. The Balaban J connectivity index is 2.06. The summed E-state index contributed by atoms with van der Waals surface area (Å²) in [6, 6.07) is 0. The Kier molecular flexibility index (Phi) is 5.66. The van der Waals surface area contributed by atoms with Crippen molar-refractivity contribution >= 4 is 17.6 Å². The highest BCUT2D eigenvalue weighted by Crippen LogP contribution is 2.31. The summed E-state index contributed by atoms with van der Waals surface area (Å²) < 4.78 is 0. The minimum Gasteiger partial charge on any atom is -0.308 e. The van der Waals surface area contributed by atoms with Gasteiger partial charge in [-0.1, -0.05) is 33.1 Å². The van der Waals surface area contributed by atoms with Crippen LogP contribution in [0.5, 0.6) is 0 Å². The van der Waals surface area contributed by atoms with Crippen molar-refractivity contribution in [2.45, 2.75) is 69.8 Å². The number of aromatic nitrogens is 2. The van der Waals surface area contributed by atoms with E-state index < -0.39 is 0 Å². The average molecular weight is 294 g/mol. The van der Waals surface area contributed by atoms with Crippen LogP contribution in [0, 0.1) is 6.92 Å². The van der Waals surface area contributed by atoms with Crippen LogP contribution in [-0.4, -0.2) is 15.2 Å². The lowest BCUT2D eigenvalue weighted by Crippen LogP contribution is -2.16. The van der Waals surface area contributed by atoms with Crippen LogP contribution in [0.1, 0.15) is 69.0 Å². The quantitative estimate of drug-likeness (QED) is 0.639. The lowest BCUT2D eigenvalue weighted by Gasteiger charge is -2.21. The summed E-state index contributed by atoms with van der Waals surface area (Å²) in [7, 11) is 0. The molecule has 0 spiro atoms. The average Bonchev–Trinajstić information content (AvgIpc) is 2.45. The van der Waals surface area contributed by atoms with Crippen molar-refractivity contribution in [3.05, 3.63) is 17.1 Å². The van der Waals surface area contributed by atoms with Gasteiger partial charge in [-0.15, -0.1) is 0 Å². The number of hydrogen-bond acceptors (Lipinski definition) is 5. The third-order valence-electron chi connectivity index (χ3n) is 3.90. The first-order valence-corrected chi connectivity index (χ1v) is 8.62. The highest BCUT2D eigenvalue weighted by molar-refractivity contribution is 7.99. The van der Waals surface area contributed by atoms with E-state index in [0.717, 1.165) is 33.9 Å². The van der Waals surface area contributed by atoms with Gasteiger partial charge >= 0.3 is 0 Å². The molecule has 1 aromatic heterocycles. The van der Waals surface area contributed by atoms with Gasteiger partial charge in [0.2, 0.25) is 0 Å². The summed E-state index contributed by atoms with van der Waals surface area (Å²) in [4.78, 5) is 9.25. The van der Waals surface area contributed by atoms with E-state index in [0.29, 0.717) is 5.92 Å². The van der Waals surface area contributed by atoms with Crippen molar-refractivity contribution in [2.24, 2.45) is 5.84 Å². The smallest absolute Gasteiger partial charge is 0.147 e. The summed E-state index contributed by atoms with van der Waals surface area (Å²) in [6.45, 7) is 6.33. The van der Waals surface area contributed by atoms with E-state index in [1.54, 1.807) is 0 Å². The largest absolute Gasteiger partial charge is 0.308 e. The number of anilines is 1. The maximum atomic E-state index is 5.62. The summed E-state index contributed by atoms with van der Waals surface area (Å²) in [5.41, 5.74) is 4.90. The summed E-state index contributed by atoms with van der Waals surface area (Å²) in [5.74, 6) is 8.56. The van der Waals surface area contributed by atoms with Gasteiger partial charge < -0.3 is 5.43 Å². The fourth-order valence-corrected chi connectivity index (χ4v) is 4.11. The molecule has 1 aromatic rings. The zero-order chi connectivity index (χ0) is 14.5. The van der Waals surface area contributed by atoms with Gasteiger partial charge in [0.15, 0.2) is 0 Å². The van der Waals surface area contributed by atoms with Gasteiger partial charge in [0.25, 0.3) is 0 Å². The zero-order valence-electron chi connectivity index (χ0n) is 12.8. The van der Waals surface area contributed by atoms with Gasteiger partial charge in [0, 0.05) is 16.5 Å². The van der Waals surface area contributed by atoms with Crippen molar-refractivity contribution in [3.63, 3.8) is 0 Å². The van der Waals surface area contributed by atoms with E-state index in [9.17, 15) is 0 Å². The molecule has 0 amide bonds. The number of nitrogens with two attached hydrogens (primary N) is 1. The van der Waals surface area contributed by atoms with Crippen LogP contribution < -0.4 is 11.3 Å². The molecule has 0 aromatic carbocycles. The third kappa shape index (κ3) is 3.85. The van der Waals surface area contributed by atoms with Crippen LogP contribution in [0.3, 0.4) is 0 Å². The van der Waals surface area contributed by atoms with Crippen molar-refractivity contribution in [1.82, 2.24) is 9.97 Å². The minimum absolute atomic E-state index is 0.376. The lowest BCUT2D eigenvalue weighted by atomic mass is 10.0. The molecule has 4 nitrogen and oxygen atoms in total. The first-order valence-electron chi connectivity index (χ1n) is 7.57. The number of nitrogens with one attached hydrogen (secondary N) is 1. The monoisotopic (exact) mass is 294 g/mol. The number of rotatable bonds is 5. The van der Waals surface area contributed by atoms with Crippen LogP contribution >= 0.6 is 11.8 Å². The molecule has 112 valence electrons. The van der Waals surface area contributed by atoms with Gasteiger partial charge in [-0.25, -0.2) is 15.8 Å². The molecule has 0 unspecified atom stereocenters. The number of hydrogen-bond donors (Lipinski definition) is 2. The maximum Gasteiger partial charge on any atom is 0.147 e. The van der Waals surface area contributed by atoms with Gasteiger partial charge in [-0.2, -0.15) is 11.8 Å². The highest BCUT2D eigenvalue weighted by atomic mass is 32.2. The second kappa shape index (κ2) is 7.27. The molecule has 1 saturated carbocycles. The summed E-state index contributed by atoms with van der Waals surface area (Å²) in [5, 5.41) is 0.784. The maximum absolute atomic E-state index is 5.62. The van der Waals surface area contributed by atoms with E-state index in [4.69, 9.17) is 5.84 Å². The number of nitrogens with zero attached hydrogens (tertiary/aromatic N) is 2. The summed E-state index contributed by atoms with van der Waals surface area (Å²) >= 11 is 2.00. The molecule has 3 N–H and O–H groups in total. The van der Waals surface area contributed by atoms with Crippen LogP contribution in [-0.2, 0) is 5.75 Å². The molecule has 1 heterocycles. The number of aryl methyl sites for hydroxylation is 1. The topological polar surface area (TPSA) is 63.8 Å². The molecule has 1 aliphatic carbocycles. The van der Waals surface area contributed by atoms with Crippen molar-refractivity contribution in [1.29, 1.82) is 0 Å². The minimum atomic E-state index is 0.376. The van der Waals surface area contributed by atoms with E-state index in [-0.39, 0.29) is 0 Å². The van der Waals surface area contributed by atoms with Crippen molar-refractivity contribution in [3.8, 4) is 0 Å². The molecule has 0 atom stereocenters. The normalized spacial score (nSPS) is 16.6. The Morgan fingerprint density at radius 2 is 1.95 bits per heavy atom. The Hall–Kier alpha value is -0.810. The Morgan fingerprint density at radius 1 is 1.25 bits per heavy atom. The zero-order valence-corrected chi connectivity index (χ0v) is 13.6. The molecular weight excluding hydrogens is 268 g/mol. The first-order chi connectivity index (χ1) is 9.61. The SMILES string of the molecule is Cc1nc(CSC2CCCCC2)nc(NN)c1C(C)C. The molecule has 0 aliphatic heterocycles. The van der Waals surface area contributed by atoms with E-state index >= 15 is 0 Å². The molecule has 20 heavy (non-hydrogen) atoms. The lowest BCUT2D eigenvalue weighted by molar-refractivity contribution is 0.516. The van der Waals surface area contributed by atoms with E-state index in [2.05, 4.69) is 29.2 Å². The molecular formula is C15H26N4S. The molecule has 2 rings (SSSR count). The van der Waals surface area contributed by atoms with Crippen LogP contribution in [0.2, 0.25) is 0 Å². The number of thioether (sulfide) groups is 1. The van der Waals surface area contributed by atoms with Gasteiger partial charge in [-0.3, -0.25) is 0 Å². The molecule has 0 saturated heterocycles. The molecule has 1 fully saturated rings. The van der Waals surface area contributed by atoms with Gasteiger partial charge in [-0.05, 0) is 25.7 Å². The predicted octanol–water partition coefficient (Wildman–Crippen LogP) is 3.76. The van der Waals surface area contributed by atoms with E-state index in [1.807, 2.05) is 18.7 Å². The molecule has 5 heteroatoms. The first kappa shape index (κ1) is 15.6. The standard InChI is InChI=1S/C15H26N4S/c1-10(2)14-11(3)17-13(18-15(14)19-16)9-20-12-7-5-4-6-8-12/h10,12H,4-9,16H2,1-3H3,(H,17,18,19). The summed E-state index contributed by atoms with van der Waals surface area (Å²) in [6.07, 6.45) is 6.83. The number of hydrazine groups is 1. The van der Waals surface area contributed by atoms with Gasteiger partial charge in [0.05, 0.1) is 5.75 Å². The fourth-order valence-electron chi connectivity index (χ4n) is 2.93. The Bertz CT molecular complexity index is 442. The fraction of sp³-hybridized carbons (Fsp3) is 0.733.